The van der Waals surface area contributed by atoms with Gasteiger partial charge in [-0.3, -0.25) is 9.59 Å². The van der Waals surface area contributed by atoms with Gasteiger partial charge in [-0.05, 0) is 44.0 Å². The molecule has 2 rings (SSSR count). The summed E-state index contributed by atoms with van der Waals surface area (Å²) in [6.45, 7) is 5.51. The molecule has 110 valence electrons. The largest absolute Gasteiger partial charge is 0.324 e. The van der Waals surface area contributed by atoms with Crippen LogP contribution in [-0.4, -0.2) is 15.7 Å². The lowest BCUT2D eigenvalue weighted by molar-refractivity contribution is -0.119. The van der Waals surface area contributed by atoms with Crippen molar-refractivity contribution in [3.05, 3.63) is 58.0 Å². The molecule has 0 aliphatic heterocycles. The van der Waals surface area contributed by atoms with E-state index in [4.69, 9.17) is 0 Å². The standard InChI is InChI=1S/C16H19N3O2/c1-4-13-6-8-14(9-7-13)17-16(21)12(3)19-15(20)10-5-11(2)18-19/h5-10,12H,4H2,1-3H3,(H,17,21). The van der Waals surface area contributed by atoms with Crippen LogP contribution >= 0.6 is 0 Å². The minimum absolute atomic E-state index is 0.264. The van der Waals surface area contributed by atoms with Crippen LogP contribution in [0.5, 0.6) is 0 Å². The topological polar surface area (TPSA) is 64.0 Å². The first kappa shape index (κ1) is 15.0. The van der Waals surface area contributed by atoms with Gasteiger partial charge in [0, 0.05) is 11.8 Å². The van der Waals surface area contributed by atoms with E-state index in [1.807, 2.05) is 24.3 Å². The van der Waals surface area contributed by atoms with Crippen LogP contribution in [0.15, 0.2) is 41.2 Å². The number of hydrogen-bond acceptors (Lipinski definition) is 3. The lowest BCUT2D eigenvalue weighted by Gasteiger charge is -2.14. The lowest BCUT2D eigenvalue weighted by Crippen LogP contribution is -2.33. The summed E-state index contributed by atoms with van der Waals surface area (Å²) in [4.78, 5) is 24.0. The molecule has 1 atom stereocenters. The third kappa shape index (κ3) is 3.56. The Morgan fingerprint density at radius 1 is 1.24 bits per heavy atom. The third-order valence-corrected chi connectivity index (χ3v) is 3.33. The van der Waals surface area contributed by atoms with E-state index < -0.39 is 6.04 Å². The average molecular weight is 285 g/mol. The molecule has 0 bridgehead atoms. The predicted molar refractivity (Wildman–Crippen MR) is 82.4 cm³/mol. The summed E-state index contributed by atoms with van der Waals surface area (Å²) >= 11 is 0. The smallest absolute Gasteiger partial charge is 0.267 e. The highest BCUT2D eigenvalue weighted by atomic mass is 16.2. The molecule has 21 heavy (non-hydrogen) atoms. The van der Waals surface area contributed by atoms with Crippen molar-refractivity contribution < 1.29 is 4.79 Å². The molecule has 1 unspecified atom stereocenters. The molecular formula is C16H19N3O2. The molecule has 1 N–H and O–H groups in total. The van der Waals surface area contributed by atoms with Gasteiger partial charge >= 0.3 is 0 Å². The molecule has 0 aliphatic carbocycles. The molecule has 5 heteroatoms. The zero-order valence-corrected chi connectivity index (χ0v) is 12.5. The van der Waals surface area contributed by atoms with Crippen molar-refractivity contribution in [3.63, 3.8) is 0 Å². The van der Waals surface area contributed by atoms with Gasteiger partial charge in [-0.1, -0.05) is 19.1 Å². The number of benzene rings is 1. The fraction of sp³-hybridized carbons (Fsp3) is 0.312. The maximum absolute atomic E-state index is 12.2. The van der Waals surface area contributed by atoms with Crippen LogP contribution in [-0.2, 0) is 11.2 Å². The van der Waals surface area contributed by atoms with Gasteiger partial charge in [-0.25, -0.2) is 4.68 Å². The highest BCUT2D eigenvalue weighted by Crippen LogP contribution is 2.12. The Hall–Kier alpha value is -2.43. The Morgan fingerprint density at radius 3 is 2.52 bits per heavy atom. The van der Waals surface area contributed by atoms with E-state index in [1.54, 1.807) is 19.9 Å². The number of rotatable bonds is 4. The van der Waals surface area contributed by atoms with E-state index in [2.05, 4.69) is 17.3 Å². The van der Waals surface area contributed by atoms with Crippen LogP contribution in [0.25, 0.3) is 0 Å². The SMILES string of the molecule is CCc1ccc(NC(=O)C(C)n2nc(C)ccc2=O)cc1. The van der Waals surface area contributed by atoms with Crippen molar-refractivity contribution in [1.82, 2.24) is 9.78 Å². The number of anilines is 1. The summed E-state index contributed by atoms with van der Waals surface area (Å²) < 4.78 is 1.20. The van der Waals surface area contributed by atoms with Gasteiger partial charge in [-0.15, -0.1) is 0 Å². The Bertz CT molecular complexity index is 689. The minimum Gasteiger partial charge on any atom is -0.324 e. The Kier molecular flexibility index (Phi) is 4.52. The van der Waals surface area contributed by atoms with Crippen molar-refractivity contribution in [2.45, 2.75) is 33.2 Å². The van der Waals surface area contributed by atoms with Gasteiger partial charge in [0.05, 0.1) is 5.69 Å². The lowest BCUT2D eigenvalue weighted by atomic mass is 10.1. The first-order valence-corrected chi connectivity index (χ1v) is 6.97. The highest BCUT2D eigenvalue weighted by molar-refractivity contribution is 5.93. The van der Waals surface area contributed by atoms with Gasteiger partial charge in [0.1, 0.15) is 6.04 Å². The van der Waals surface area contributed by atoms with Gasteiger partial charge in [0.2, 0.25) is 5.91 Å². The molecule has 5 nitrogen and oxygen atoms in total. The van der Waals surface area contributed by atoms with Crippen LogP contribution in [0.1, 0.15) is 31.1 Å². The van der Waals surface area contributed by atoms with E-state index in [1.165, 1.54) is 16.3 Å². The number of aromatic nitrogens is 2. The zero-order valence-electron chi connectivity index (χ0n) is 12.5. The summed E-state index contributed by atoms with van der Waals surface area (Å²) in [5.74, 6) is -0.264. The highest BCUT2D eigenvalue weighted by Gasteiger charge is 2.17. The molecule has 0 aliphatic rings. The number of hydrogen-bond donors (Lipinski definition) is 1. The fourth-order valence-corrected chi connectivity index (χ4v) is 1.98. The first-order chi connectivity index (χ1) is 10.0. The molecule has 0 radical (unpaired) electrons. The van der Waals surface area contributed by atoms with Crippen molar-refractivity contribution in [3.8, 4) is 0 Å². The summed E-state index contributed by atoms with van der Waals surface area (Å²) in [7, 11) is 0. The maximum Gasteiger partial charge on any atom is 0.267 e. The number of nitrogens with zero attached hydrogens (tertiary/aromatic N) is 2. The Labute approximate surface area is 123 Å². The molecule has 0 saturated carbocycles. The molecule has 0 spiro atoms. The number of amides is 1. The normalized spacial score (nSPS) is 12.0. The molecule has 2 aromatic rings. The second-order valence-corrected chi connectivity index (χ2v) is 4.97. The summed E-state index contributed by atoms with van der Waals surface area (Å²) in [6, 6.07) is 10.0. The number of aryl methyl sites for hydroxylation is 2. The molecular weight excluding hydrogens is 266 g/mol. The van der Waals surface area contributed by atoms with Crippen molar-refractivity contribution in [2.24, 2.45) is 0 Å². The quantitative estimate of drug-likeness (QED) is 0.937. The second-order valence-electron chi connectivity index (χ2n) is 4.97. The number of carbonyl (C=O) groups excluding carboxylic acids is 1. The van der Waals surface area contributed by atoms with Crippen LogP contribution in [0.4, 0.5) is 5.69 Å². The van der Waals surface area contributed by atoms with E-state index in [9.17, 15) is 9.59 Å². The van der Waals surface area contributed by atoms with E-state index in [0.29, 0.717) is 11.4 Å². The van der Waals surface area contributed by atoms with Crippen LogP contribution in [0.2, 0.25) is 0 Å². The third-order valence-electron chi connectivity index (χ3n) is 3.33. The summed E-state index contributed by atoms with van der Waals surface area (Å²) in [5, 5.41) is 6.91. The van der Waals surface area contributed by atoms with Gasteiger partial charge < -0.3 is 5.32 Å². The first-order valence-electron chi connectivity index (χ1n) is 6.97. The van der Waals surface area contributed by atoms with Gasteiger partial charge in [0.25, 0.3) is 5.56 Å². The maximum atomic E-state index is 12.2. The van der Waals surface area contributed by atoms with Gasteiger partial charge in [-0.2, -0.15) is 5.10 Å². The minimum atomic E-state index is -0.664. The van der Waals surface area contributed by atoms with E-state index in [-0.39, 0.29) is 11.5 Å². The average Bonchev–Trinajstić information content (AvgIpc) is 2.49. The molecule has 1 aromatic carbocycles. The molecule has 0 saturated heterocycles. The van der Waals surface area contributed by atoms with Crippen LogP contribution < -0.4 is 10.9 Å². The van der Waals surface area contributed by atoms with Crippen LogP contribution in [0, 0.1) is 6.92 Å². The molecule has 1 amide bonds. The number of nitrogens with one attached hydrogen (secondary N) is 1. The van der Waals surface area contributed by atoms with E-state index >= 15 is 0 Å². The van der Waals surface area contributed by atoms with Gasteiger partial charge in [0.15, 0.2) is 0 Å². The monoisotopic (exact) mass is 285 g/mol. The number of carbonyl (C=O) groups is 1. The Morgan fingerprint density at radius 2 is 1.90 bits per heavy atom. The summed E-state index contributed by atoms with van der Waals surface area (Å²) in [6.07, 6.45) is 0.952. The summed E-state index contributed by atoms with van der Waals surface area (Å²) in [5.41, 5.74) is 2.33. The Balaban J connectivity index is 2.15. The second kappa shape index (κ2) is 6.35. The van der Waals surface area contributed by atoms with Crippen LogP contribution in [0.3, 0.4) is 0 Å². The molecule has 1 aromatic heterocycles. The van der Waals surface area contributed by atoms with E-state index in [0.717, 1.165) is 6.42 Å². The van der Waals surface area contributed by atoms with Crippen molar-refractivity contribution in [1.29, 1.82) is 0 Å². The van der Waals surface area contributed by atoms with Crippen molar-refractivity contribution >= 4 is 11.6 Å². The molecule has 0 fully saturated rings. The van der Waals surface area contributed by atoms with Crippen molar-refractivity contribution in [2.75, 3.05) is 5.32 Å². The fourth-order valence-electron chi connectivity index (χ4n) is 1.98. The zero-order chi connectivity index (χ0) is 15.4. The predicted octanol–water partition coefficient (Wildman–Crippen LogP) is 2.31. The molecule has 1 heterocycles.